The largest absolute Gasteiger partial charge is 0.306 e. The van der Waals surface area contributed by atoms with E-state index in [2.05, 4.69) is 36.3 Å². The number of nitrogens with one attached hydrogen (secondary N) is 1. The lowest BCUT2D eigenvalue weighted by Crippen LogP contribution is -2.40. The van der Waals surface area contributed by atoms with Gasteiger partial charge in [-0.1, -0.05) is 19.9 Å². The van der Waals surface area contributed by atoms with E-state index < -0.39 is 0 Å². The summed E-state index contributed by atoms with van der Waals surface area (Å²) in [7, 11) is 0. The van der Waals surface area contributed by atoms with Crippen molar-refractivity contribution in [1.82, 2.24) is 10.3 Å². The van der Waals surface area contributed by atoms with E-state index in [0.29, 0.717) is 12.1 Å². The van der Waals surface area contributed by atoms with E-state index in [1.54, 1.807) is 0 Å². The number of aryl methyl sites for hydroxylation is 1. The molecule has 0 saturated heterocycles. The summed E-state index contributed by atoms with van der Waals surface area (Å²) in [6.45, 7) is 4.80. The van der Waals surface area contributed by atoms with E-state index in [9.17, 15) is 0 Å². The topological polar surface area (TPSA) is 24.9 Å². The van der Waals surface area contributed by atoms with Crippen LogP contribution in [0.2, 0.25) is 0 Å². The van der Waals surface area contributed by atoms with Crippen LogP contribution in [0.4, 0.5) is 0 Å². The molecule has 2 aliphatic rings. The first-order valence-corrected chi connectivity index (χ1v) is 7.92. The summed E-state index contributed by atoms with van der Waals surface area (Å²) in [5, 5.41) is 3.91. The van der Waals surface area contributed by atoms with E-state index in [-0.39, 0.29) is 0 Å². The highest BCUT2D eigenvalue weighted by atomic mass is 15.0. The summed E-state index contributed by atoms with van der Waals surface area (Å²) in [6.07, 6.45) is 9.78. The molecule has 0 radical (unpaired) electrons. The van der Waals surface area contributed by atoms with Crippen molar-refractivity contribution in [2.24, 2.45) is 11.8 Å². The number of fused-ring (bicyclic) bond motifs is 1. The second-order valence-corrected chi connectivity index (χ2v) is 6.77. The van der Waals surface area contributed by atoms with Crippen LogP contribution in [0.1, 0.15) is 63.3 Å². The second kappa shape index (κ2) is 5.62. The molecular weight excluding hydrogens is 232 g/mol. The maximum absolute atomic E-state index is 4.64. The zero-order valence-corrected chi connectivity index (χ0v) is 12.2. The fourth-order valence-corrected chi connectivity index (χ4v) is 4.14. The van der Waals surface area contributed by atoms with E-state index >= 15 is 0 Å². The van der Waals surface area contributed by atoms with Gasteiger partial charge in [0.25, 0.3) is 0 Å². The standard InChI is InChI=1S/C17H26N2/c1-12-9-13(2)11-15(10-12)19-16-7-3-5-14-6-4-8-18-17(14)16/h4,6,8,12-13,15-16,19H,3,5,7,9-11H2,1-2H3. The third kappa shape index (κ3) is 3.00. The van der Waals surface area contributed by atoms with Crippen molar-refractivity contribution in [3.05, 3.63) is 29.6 Å². The van der Waals surface area contributed by atoms with E-state index in [1.807, 2.05) is 6.20 Å². The molecule has 0 bridgehead atoms. The van der Waals surface area contributed by atoms with Crippen LogP contribution in [0.15, 0.2) is 18.3 Å². The number of pyridine rings is 1. The maximum Gasteiger partial charge on any atom is 0.0605 e. The second-order valence-electron chi connectivity index (χ2n) is 6.77. The van der Waals surface area contributed by atoms with Gasteiger partial charge in [0, 0.05) is 18.3 Å². The first-order chi connectivity index (χ1) is 9.22. The molecule has 2 aliphatic carbocycles. The zero-order valence-electron chi connectivity index (χ0n) is 12.2. The molecule has 1 aromatic heterocycles. The Kier molecular flexibility index (Phi) is 3.88. The Labute approximate surface area is 117 Å². The number of rotatable bonds is 2. The molecular formula is C17H26N2. The van der Waals surface area contributed by atoms with Gasteiger partial charge in [-0.05, 0) is 62.0 Å². The fourth-order valence-electron chi connectivity index (χ4n) is 4.14. The van der Waals surface area contributed by atoms with Crippen molar-refractivity contribution in [3.63, 3.8) is 0 Å². The van der Waals surface area contributed by atoms with Crippen molar-refractivity contribution in [2.75, 3.05) is 0 Å². The van der Waals surface area contributed by atoms with Gasteiger partial charge in [-0.15, -0.1) is 0 Å². The van der Waals surface area contributed by atoms with Gasteiger partial charge in [0.15, 0.2) is 0 Å². The number of nitrogens with zero attached hydrogens (tertiary/aromatic N) is 1. The molecule has 1 heterocycles. The summed E-state index contributed by atoms with van der Waals surface area (Å²) in [5.41, 5.74) is 2.78. The van der Waals surface area contributed by atoms with E-state index in [1.165, 1.54) is 49.8 Å². The smallest absolute Gasteiger partial charge is 0.0605 e. The van der Waals surface area contributed by atoms with Gasteiger partial charge in [0.2, 0.25) is 0 Å². The Morgan fingerprint density at radius 2 is 1.95 bits per heavy atom. The summed E-state index contributed by atoms with van der Waals surface area (Å²) < 4.78 is 0. The van der Waals surface area contributed by atoms with Crippen LogP contribution in [0.5, 0.6) is 0 Å². The Bertz CT molecular complexity index is 419. The van der Waals surface area contributed by atoms with Gasteiger partial charge in [-0.3, -0.25) is 4.98 Å². The lowest BCUT2D eigenvalue weighted by Gasteiger charge is -2.36. The van der Waals surface area contributed by atoms with Gasteiger partial charge in [0.05, 0.1) is 5.69 Å². The molecule has 0 aliphatic heterocycles. The average Bonchev–Trinajstić information content (AvgIpc) is 2.38. The molecule has 2 heteroatoms. The van der Waals surface area contributed by atoms with Crippen molar-refractivity contribution < 1.29 is 0 Å². The lowest BCUT2D eigenvalue weighted by molar-refractivity contribution is 0.219. The van der Waals surface area contributed by atoms with Crippen LogP contribution in [-0.4, -0.2) is 11.0 Å². The quantitative estimate of drug-likeness (QED) is 0.871. The molecule has 2 nitrogen and oxygen atoms in total. The SMILES string of the molecule is CC1CC(C)CC(NC2CCCc3cccnc32)C1. The minimum atomic E-state index is 0.493. The molecule has 3 unspecified atom stereocenters. The highest BCUT2D eigenvalue weighted by Gasteiger charge is 2.28. The first-order valence-electron chi connectivity index (χ1n) is 7.92. The molecule has 1 aromatic rings. The van der Waals surface area contributed by atoms with Crippen LogP contribution in [0, 0.1) is 11.8 Å². The predicted molar refractivity (Wildman–Crippen MR) is 79.0 cm³/mol. The fraction of sp³-hybridized carbons (Fsp3) is 0.706. The van der Waals surface area contributed by atoms with E-state index in [0.717, 1.165) is 11.8 Å². The van der Waals surface area contributed by atoms with Crippen LogP contribution >= 0.6 is 0 Å². The van der Waals surface area contributed by atoms with Gasteiger partial charge in [0.1, 0.15) is 0 Å². The molecule has 19 heavy (non-hydrogen) atoms. The predicted octanol–water partition coefficient (Wildman–Crippen LogP) is 3.87. The number of aromatic nitrogens is 1. The zero-order chi connectivity index (χ0) is 13.2. The lowest BCUT2D eigenvalue weighted by atomic mass is 9.79. The summed E-state index contributed by atoms with van der Waals surface area (Å²) in [4.78, 5) is 4.64. The monoisotopic (exact) mass is 258 g/mol. The van der Waals surface area contributed by atoms with Crippen LogP contribution < -0.4 is 5.32 Å². The van der Waals surface area contributed by atoms with E-state index in [4.69, 9.17) is 0 Å². The van der Waals surface area contributed by atoms with Gasteiger partial charge in [-0.2, -0.15) is 0 Å². The molecule has 1 N–H and O–H groups in total. The highest BCUT2D eigenvalue weighted by molar-refractivity contribution is 5.25. The Morgan fingerprint density at radius 1 is 1.16 bits per heavy atom. The summed E-state index contributed by atoms with van der Waals surface area (Å²) >= 11 is 0. The van der Waals surface area contributed by atoms with Crippen molar-refractivity contribution >= 4 is 0 Å². The normalized spacial score (nSPS) is 34.8. The van der Waals surface area contributed by atoms with Gasteiger partial charge in [-0.25, -0.2) is 0 Å². The maximum atomic E-state index is 4.64. The number of hydrogen-bond donors (Lipinski definition) is 1. The van der Waals surface area contributed by atoms with Crippen molar-refractivity contribution in [1.29, 1.82) is 0 Å². The van der Waals surface area contributed by atoms with Crippen LogP contribution in [0.25, 0.3) is 0 Å². The van der Waals surface area contributed by atoms with Crippen molar-refractivity contribution in [2.45, 2.75) is 64.5 Å². The number of hydrogen-bond acceptors (Lipinski definition) is 2. The minimum Gasteiger partial charge on any atom is -0.306 e. The van der Waals surface area contributed by atoms with Crippen LogP contribution in [-0.2, 0) is 6.42 Å². The van der Waals surface area contributed by atoms with Gasteiger partial charge >= 0.3 is 0 Å². The average molecular weight is 258 g/mol. The highest BCUT2D eigenvalue weighted by Crippen LogP contribution is 2.33. The molecule has 1 fully saturated rings. The molecule has 104 valence electrons. The molecule has 0 amide bonds. The third-order valence-corrected chi connectivity index (χ3v) is 4.81. The molecule has 1 saturated carbocycles. The molecule has 3 atom stereocenters. The third-order valence-electron chi connectivity index (χ3n) is 4.81. The van der Waals surface area contributed by atoms with Crippen molar-refractivity contribution in [3.8, 4) is 0 Å². The minimum absolute atomic E-state index is 0.493. The summed E-state index contributed by atoms with van der Waals surface area (Å²) in [6, 6.07) is 5.51. The molecule has 0 aromatic carbocycles. The Balaban J connectivity index is 1.70. The van der Waals surface area contributed by atoms with Gasteiger partial charge < -0.3 is 5.32 Å². The van der Waals surface area contributed by atoms with Crippen LogP contribution in [0.3, 0.4) is 0 Å². The molecule has 3 rings (SSSR count). The molecule has 0 spiro atoms. The first kappa shape index (κ1) is 13.1. The Hall–Kier alpha value is -0.890. The summed E-state index contributed by atoms with van der Waals surface area (Å²) in [5.74, 6) is 1.74. The Morgan fingerprint density at radius 3 is 2.74 bits per heavy atom.